The number of carbonyl (C=O) groups excluding carboxylic acids is 2. The largest absolute Gasteiger partial charge is 0.508 e. The van der Waals surface area contributed by atoms with Crippen LogP contribution in [0.4, 0.5) is 0 Å². The van der Waals surface area contributed by atoms with Crippen molar-refractivity contribution in [2.45, 2.75) is 0 Å². The van der Waals surface area contributed by atoms with Crippen molar-refractivity contribution in [3.63, 3.8) is 0 Å². The molecule has 7 heteroatoms. The number of amides is 2. The number of phenolic OH excluding ortho intramolecular Hbond substituents is 1. The van der Waals surface area contributed by atoms with Gasteiger partial charge in [0.05, 0.1) is 16.6 Å². The zero-order valence-electron chi connectivity index (χ0n) is 13.9. The Kier molecular flexibility index (Phi) is 4.18. The molecule has 130 valence electrons. The molecule has 1 aliphatic heterocycles. The van der Waals surface area contributed by atoms with E-state index in [1.807, 2.05) is 25.1 Å². The smallest absolute Gasteiger partial charge is 0.262 e. The minimum absolute atomic E-state index is 0. The van der Waals surface area contributed by atoms with E-state index in [2.05, 4.69) is 4.98 Å². The second-order valence-corrected chi connectivity index (χ2v) is 6.33. The Labute approximate surface area is 150 Å². The number of phenols is 1. The number of aromatic amines is 1. The first kappa shape index (κ1) is 17.3. The lowest BCUT2D eigenvalue weighted by Gasteiger charge is -2.16. The van der Waals surface area contributed by atoms with Crippen LogP contribution in [0.25, 0.3) is 21.8 Å². The topological polar surface area (TPSA) is 76.6 Å². The van der Waals surface area contributed by atoms with Crippen LogP contribution in [0.5, 0.6) is 5.75 Å². The zero-order valence-corrected chi connectivity index (χ0v) is 14.7. The van der Waals surface area contributed by atoms with Gasteiger partial charge in [0.15, 0.2) is 0 Å². The summed E-state index contributed by atoms with van der Waals surface area (Å²) in [6, 6.07) is 8.48. The zero-order chi connectivity index (χ0) is 17.0. The van der Waals surface area contributed by atoms with Crippen LogP contribution in [0.15, 0.2) is 30.3 Å². The average Bonchev–Trinajstić information content (AvgIpc) is 3.00. The van der Waals surface area contributed by atoms with Gasteiger partial charge >= 0.3 is 0 Å². The Morgan fingerprint density at radius 1 is 1.08 bits per heavy atom. The fourth-order valence-electron chi connectivity index (χ4n) is 3.26. The Bertz CT molecular complexity index is 1010. The summed E-state index contributed by atoms with van der Waals surface area (Å²) in [6.45, 7) is 0.986. The lowest BCUT2D eigenvalue weighted by molar-refractivity contribution is 0.0645. The van der Waals surface area contributed by atoms with Gasteiger partial charge in [0.25, 0.3) is 11.8 Å². The van der Waals surface area contributed by atoms with Crippen LogP contribution in [-0.2, 0) is 0 Å². The number of halogens is 1. The molecular formula is C18H18ClN3O3. The predicted molar refractivity (Wildman–Crippen MR) is 98.6 cm³/mol. The molecule has 25 heavy (non-hydrogen) atoms. The van der Waals surface area contributed by atoms with Crippen molar-refractivity contribution in [1.82, 2.24) is 14.8 Å². The molecule has 6 nitrogen and oxygen atoms in total. The Morgan fingerprint density at radius 2 is 1.84 bits per heavy atom. The van der Waals surface area contributed by atoms with Gasteiger partial charge in [0, 0.05) is 35.4 Å². The maximum atomic E-state index is 12.9. The third kappa shape index (κ3) is 2.54. The van der Waals surface area contributed by atoms with Crippen molar-refractivity contribution in [2.24, 2.45) is 0 Å². The molecule has 0 aliphatic carbocycles. The highest BCUT2D eigenvalue weighted by Crippen LogP contribution is 2.36. The lowest BCUT2D eigenvalue weighted by Crippen LogP contribution is -2.35. The molecule has 0 unspecified atom stereocenters. The average molecular weight is 360 g/mol. The minimum Gasteiger partial charge on any atom is -0.508 e. The molecule has 3 aromatic rings. The van der Waals surface area contributed by atoms with Gasteiger partial charge in [0.1, 0.15) is 5.75 Å². The van der Waals surface area contributed by atoms with E-state index in [9.17, 15) is 14.7 Å². The molecule has 2 N–H and O–H groups in total. The number of nitrogens with zero attached hydrogens (tertiary/aromatic N) is 2. The van der Waals surface area contributed by atoms with E-state index >= 15 is 0 Å². The Morgan fingerprint density at radius 3 is 2.56 bits per heavy atom. The maximum absolute atomic E-state index is 12.9. The highest BCUT2D eigenvalue weighted by molar-refractivity contribution is 6.30. The summed E-state index contributed by atoms with van der Waals surface area (Å²) >= 11 is 0. The van der Waals surface area contributed by atoms with Crippen LogP contribution in [-0.4, -0.2) is 58.9 Å². The molecule has 2 aromatic carbocycles. The van der Waals surface area contributed by atoms with E-state index in [0.717, 1.165) is 21.8 Å². The molecule has 0 spiro atoms. The summed E-state index contributed by atoms with van der Waals surface area (Å²) in [7, 11) is 3.81. The fraction of sp³-hybridized carbons (Fsp3) is 0.222. The molecule has 0 atom stereocenters. The van der Waals surface area contributed by atoms with Gasteiger partial charge in [-0.1, -0.05) is 0 Å². The minimum atomic E-state index is -0.253. The molecule has 0 bridgehead atoms. The summed E-state index contributed by atoms with van der Waals surface area (Å²) < 4.78 is 0. The number of rotatable bonds is 3. The van der Waals surface area contributed by atoms with Crippen molar-refractivity contribution < 1.29 is 14.7 Å². The Balaban J connectivity index is 0.00000182. The number of aromatic nitrogens is 1. The molecule has 0 fully saturated rings. The number of benzene rings is 2. The van der Waals surface area contributed by atoms with E-state index in [4.69, 9.17) is 0 Å². The van der Waals surface area contributed by atoms with E-state index in [-0.39, 0.29) is 30.0 Å². The van der Waals surface area contributed by atoms with Gasteiger partial charge in [-0.2, -0.15) is 0 Å². The number of fused-ring (bicyclic) bond motifs is 5. The number of hydrogen-bond donors (Lipinski definition) is 2. The molecule has 0 radical (unpaired) electrons. The Hall–Kier alpha value is -2.57. The maximum Gasteiger partial charge on any atom is 0.262 e. The summed E-state index contributed by atoms with van der Waals surface area (Å²) in [5.41, 5.74) is 2.42. The second-order valence-electron chi connectivity index (χ2n) is 6.33. The third-order valence-corrected chi connectivity index (χ3v) is 4.45. The number of imide groups is 1. The molecular weight excluding hydrogens is 342 g/mol. The molecule has 1 aromatic heterocycles. The van der Waals surface area contributed by atoms with Crippen molar-refractivity contribution in [2.75, 3.05) is 27.2 Å². The number of nitrogens with one attached hydrogen (secondary N) is 1. The fourth-order valence-corrected chi connectivity index (χ4v) is 3.26. The van der Waals surface area contributed by atoms with Crippen molar-refractivity contribution in [3.8, 4) is 5.75 Å². The number of carbonyl (C=O) groups is 2. The molecule has 2 heterocycles. The summed E-state index contributed by atoms with van der Waals surface area (Å²) in [5.74, 6) is -0.344. The molecule has 0 saturated heterocycles. The quantitative estimate of drug-likeness (QED) is 0.705. The molecule has 0 saturated carbocycles. The molecule has 2 amide bonds. The van der Waals surface area contributed by atoms with E-state index in [1.54, 1.807) is 24.3 Å². The van der Waals surface area contributed by atoms with Crippen LogP contribution < -0.4 is 0 Å². The number of likely N-dealkylation sites (N-methyl/N-ethyl adjacent to an activating group) is 1. The van der Waals surface area contributed by atoms with Crippen LogP contribution in [0.1, 0.15) is 20.7 Å². The second kappa shape index (κ2) is 6.06. The molecule has 1 aliphatic rings. The first-order chi connectivity index (χ1) is 11.5. The van der Waals surface area contributed by atoms with Gasteiger partial charge in [-0.15, -0.1) is 12.4 Å². The van der Waals surface area contributed by atoms with Crippen molar-refractivity contribution in [3.05, 3.63) is 41.5 Å². The normalized spacial score (nSPS) is 13.8. The first-order valence-corrected chi connectivity index (χ1v) is 7.75. The van der Waals surface area contributed by atoms with Gasteiger partial charge in [0.2, 0.25) is 0 Å². The number of aromatic hydroxyl groups is 1. The van der Waals surface area contributed by atoms with Crippen LogP contribution >= 0.6 is 12.4 Å². The van der Waals surface area contributed by atoms with Crippen molar-refractivity contribution >= 4 is 46.0 Å². The standard InChI is InChI=1S/C18H17N3O3.ClH/c1-20(2)7-8-21-17(23)12-5-6-13-15(16(12)18(21)24)11-4-3-10(22)9-14(11)19-13;/h3-6,9,19,22H,7-8H2,1-2H3;1H. The van der Waals surface area contributed by atoms with Crippen LogP contribution in [0.2, 0.25) is 0 Å². The number of H-pyrrole nitrogens is 1. The summed E-state index contributed by atoms with van der Waals surface area (Å²) in [4.78, 5) is 31.9. The molecule has 4 rings (SSSR count). The monoisotopic (exact) mass is 359 g/mol. The highest BCUT2D eigenvalue weighted by Gasteiger charge is 2.37. The summed E-state index contributed by atoms with van der Waals surface area (Å²) in [5, 5.41) is 11.2. The predicted octanol–water partition coefficient (Wildman–Crippen LogP) is 2.61. The van der Waals surface area contributed by atoms with Gasteiger partial charge in [-0.05, 0) is 38.4 Å². The van der Waals surface area contributed by atoms with Crippen molar-refractivity contribution in [1.29, 1.82) is 0 Å². The number of hydrogen-bond acceptors (Lipinski definition) is 4. The van der Waals surface area contributed by atoms with Gasteiger partial charge in [-0.25, -0.2) is 0 Å². The SMILES string of the molecule is CN(C)CCN1C(=O)c2ccc3[nH]c4cc(O)ccc4c3c2C1=O.Cl. The van der Waals surface area contributed by atoms with E-state index in [0.29, 0.717) is 24.2 Å². The van der Waals surface area contributed by atoms with E-state index in [1.165, 1.54) is 4.90 Å². The van der Waals surface area contributed by atoms with Crippen LogP contribution in [0.3, 0.4) is 0 Å². The lowest BCUT2D eigenvalue weighted by atomic mass is 10.0. The van der Waals surface area contributed by atoms with Crippen LogP contribution in [0, 0.1) is 0 Å². The summed E-state index contributed by atoms with van der Waals surface area (Å²) in [6.07, 6.45) is 0. The van der Waals surface area contributed by atoms with Gasteiger partial charge in [-0.3, -0.25) is 14.5 Å². The van der Waals surface area contributed by atoms with Gasteiger partial charge < -0.3 is 15.0 Å². The highest BCUT2D eigenvalue weighted by atomic mass is 35.5. The third-order valence-electron chi connectivity index (χ3n) is 4.45. The first-order valence-electron chi connectivity index (χ1n) is 7.75. The van der Waals surface area contributed by atoms with E-state index < -0.39 is 0 Å².